The Morgan fingerprint density at radius 1 is 1.04 bits per heavy atom. The summed E-state index contributed by atoms with van der Waals surface area (Å²) >= 11 is 7.30. The zero-order valence-electron chi connectivity index (χ0n) is 13.8. The van der Waals surface area contributed by atoms with Gasteiger partial charge in [0.1, 0.15) is 11.5 Å². The van der Waals surface area contributed by atoms with Gasteiger partial charge < -0.3 is 14.2 Å². The average Bonchev–Trinajstić information content (AvgIpc) is 2.64. The highest BCUT2D eigenvalue weighted by atomic mass is 35.5. The van der Waals surface area contributed by atoms with Gasteiger partial charge in [-0.1, -0.05) is 11.6 Å². The van der Waals surface area contributed by atoms with Crippen LogP contribution in [0, 0.1) is 0 Å². The number of esters is 1. The highest BCUT2D eigenvalue weighted by Gasteiger charge is 2.12. The third-order valence-corrected chi connectivity index (χ3v) is 4.54. The zero-order valence-corrected chi connectivity index (χ0v) is 15.4. The van der Waals surface area contributed by atoms with Gasteiger partial charge in [-0.15, -0.1) is 11.8 Å². The minimum absolute atomic E-state index is 0.114. The van der Waals surface area contributed by atoms with E-state index in [0.717, 1.165) is 10.6 Å². The molecule has 0 bridgehead atoms. The molecule has 0 aliphatic heterocycles. The molecule has 2 rings (SSSR count). The molecule has 0 unspecified atom stereocenters. The molecule has 7 heteroatoms. The molecule has 0 fully saturated rings. The predicted molar refractivity (Wildman–Crippen MR) is 97.0 cm³/mol. The molecular weight excluding hydrogens is 364 g/mol. The van der Waals surface area contributed by atoms with Crippen LogP contribution in [0.4, 0.5) is 0 Å². The number of rotatable bonds is 8. The first kappa shape index (κ1) is 19.1. The van der Waals surface area contributed by atoms with Gasteiger partial charge in [-0.3, -0.25) is 9.59 Å². The normalized spacial score (nSPS) is 10.2. The number of thioether (sulfide) groups is 1. The second-order valence-corrected chi connectivity index (χ2v) is 6.35. The van der Waals surface area contributed by atoms with Crippen LogP contribution in [-0.4, -0.2) is 38.3 Å². The summed E-state index contributed by atoms with van der Waals surface area (Å²) in [6, 6.07) is 12.0. The van der Waals surface area contributed by atoms with Crippen LogP contribution >= 0.6 is 23.4 Å². The molecule has 2 aromatic rings. The SMILES string of the molecule is COc1ccc(SCC(=O)OCC(=O)c2ccc(OC)c(Cl)c2)cc1. The van der Waals surface area contributed by atoms with Crippen LogP contribution in [0.1, 0.15) is 10.4 Å². The number of methoxy groups -OCH3 is 2. The van der Waals surface area contributed by atoms with Crippen molar-refractivity contribution in [1.82, 2.24) is 0 Å². The van der Waals surface area contributed by atoms with Gasteiger partial charge in [-0.2, -0.15) is 0 Å². The number of ether oxygens (including phenoxy) is 3. The van der Waals surface area contributed by atoms with Crippen molar-refractivity contribution >= 4 is 35.1 Å². The Morgan fingerprint density at radius 3 is 2.36 bits per heavy atom. The van der Waals surface area contributed by atoms with E-state index in [4.69, 9.17) is 25.8 Å². The number of carbonyl (C=O) groups excluding carboxylic acids is 2. The summed E-state index contributed by atoms with van der Waals surface area (Å²) in [5, 5.41) is 0.328. The monoisotopic (exact) mass is 380 g/mol. The van der Waals surface area contributed by atoms with E-state index in [-0.39, 0.29) is 18.1 Å². The van der Waals surface area contributed by atoms with E-state index in [1.54, 1.807) is 19.2 Å². The number of hydrogen-bond donors (Lipinski definition) is 0. The molecule has 0 spiro atoms. The summed E-state index contributed by atoms with van der Waals surface area (Å²) in [4.78, 5) is 24.7. The van der Waals surface area contributed by atoms with Crippen LogP contribution in [0.3, 0.4) is 0 Å². The van der Waals surface area contributed by atoms with E-state index in [1.165, 1.54) is 24.9 Å². The van der Waals surface area contributed by atoms with Gasteiger partial charge in [-0.05, 0) is 42.5 Å². The number of ketones is 1. The Labute approximate surface area is 155 Å². The van der Waals surface area contributed by atoms with Crippen LogP contribution < -0.4 is 9.47 Å². The molecule has 132 valence electrons. The lowest BCUT2D eigenvalue weighted by Gasteiger charge is -2.07. The molecule has 0 atom stereocenters. The number of hydrogen-bond acceptors (Lipinski definition) is 6. The molecular formula is C18H17ClO5S. The van der Waals surface area contributed by atoms with Crippen molar-refractivity contribution in [2.75, 3.05) is 26.6 Å². The van der Waals surface area contributed by atoms with E-state index >= 15 is 0 Å². The Morgan fingerprint density at radius 2 is 1.76 bits per heavy atom. The van der Waals surface area contributed by atoms with Gasteiger partial charge >= 0.3 is 5.97 Å². The topological polar surface area (TPSA) is 61.8 Å². The van der Waals surface area contributed by atoms with E-state index in [0.29, 0.717) is 16.3 Å². The lowest BCUT2D eigenvalue weighted by molar-refractivity contribution is -0.139. The molecule has 0 amide bonds. The Kier molecular flexibility index (Phi) is 7.16. The summed E-state index contributed by atoms with van der Waals surface area (Å²) in [6.45, 7) is -0.329. The van der Waals surface area contributed by atoms with Gasteiger partial charge in [0.25, 0.3) is 0 Å². The number of carbonyl (C=O) groups is 2. The summed E-state index contributed by atoms with van der Waals surface area (Å²) < 4.78 is 15.1. The molecule has 0 saturated carbocycles. The smallest absolute Gasteiger partial charge is 0.316 e. The lowest BCUT2D eigenvalue weighted by Crippen LogP contribution is -2.15. The van der Waals surface area contributed by atoms with Crippen molar-refractivity contribution in [2.45, 2.75) is 4.90 Å². The minimum atomic E-state index is -0.464. The Bertz CT molecular complexity index is 746. The van der Waals surface area contributed by atoms with Crippen LogP contribution in [0.5, 0.6) is 11.5 Å². The van der Waals surface area contributed by atoms with Crippen molar-refractivity contribution < 1.29 is 23.8 Å². The van der Waals surface area contributed by atoms with Gasteiger partial charge in [0, 0.05) is 10.5 Å². The van der Waals surface area contributed by atoms with Gasteiger partial charge in [0.15, 0.2) is 12.4 Å². The lowest BCUT2D eigenvalue weighted by atomic mass is 10.1. The second kappa shape index (κ2) is 9.34. The van der Waals surface area contributed by atoms with Crippen molar-refractivity contribution in [3.8, 4) is 11.5 Å². The minimum Gasteiger partial charge on any atom is -0.497 e. The average molecular weight is 381 g/mol. The second-order valence-electron chi connectivity index (χ2n) is 4.90. The highest BCUT2D eigenvalue weighted by Crippen LogP contribution is 2.25. The van der Waals surface area contributed by atoms with E-state index in [2.05, 4.69) is 0 Å². The predicted octanol–water partition coefficient (Wildman–Crippen LogP) is 3.88. The largest absolute Gasteiger partial charge is 0.497 e. The number of halogens is 1. The first-order valence-electron chi connectivity index (χ1n) is 7.32. The van der Waals surface area contributed by atoms with E-state index in [1.807, 2.05) is 24.3 Å². The van der Waals surface area contributed by atoms with Crippen molar-refractivity contribution in [2.24, 2.45) is 0 Å². The summed E-state index contributed by atoms with van der Waals surface area (Å²) in [6.07, 6.45) is 0. The van der Waals surface area contributed by atoms with Crippen LogP contribution in [0.2, 0.25) is 5.02 Å². The molecule has 0 aliphatic carbocycles. The number of Topliss-reactive ketones (excluding diaryl/α,β-unsaturated/α-hetero) is 1. The fourth-order valence-corrected chi connectivity index (χ4v) is 2.88. The van der Waals surface area contributed by atoms with Gasteiger partial charge in [0.2, 0.25) is 0 Å². The molecule has 0 aliphatic rings. The summed E-state index contributed by atoms with van der Waals surface area (Å²) in [7, 11) is 3.08. The molecule has 2 aromatic carbocycles. The highest BCUT2D eigenvalue weighted by molar-refractivity contribution is 8.00. The third-order valence-electron chi connectivity index (χ3n) is 3.25. The molecule has 0 saturated heterocycles. The summed E-state index contributed by atoms with van der Waals surface area (Å²) in [5.41, 5.74) is 0.362. The summed E-state index contributed by atoms with van der Waals surface area (Å²) in [5.74, 6) is 0.547. The van der Waals surface area contributed by atoms with Gasteiger partial charge in [-0.25, -0.2) is 0 Å². The zero-order chi connectivity index (χ0) is 18.2. The first-order valence-corrected chi connectivity index (χ1v) is 8.69. The Hall–Kier alpha value is -2.18. The molecule has 25 heavy (non-hydrogen) atoms. The fraction of sp³-hybridized carbons (Fsp3) is 0.222. The van der Waals surface area contributed by atoms with Crippen LogP contribution in [0.25, 0.3) is 0 Å². The molecule has 0 heterocycles. The fourth-order valence-electron chi connectivity index (χ4n) is 1.93. The van der Waals surface area contributed by atoms with Gasteiger partial charge in [0.05, 0.1) is 25.0 Å². The standard InChI is InChI=1S/C18H17ClO5S/c1-22-13-4-6-14(7-5-13)25-11-18(21)24-10-16(20)12-3-8-17(23-2)15(19)9-12/h3-9H,10-11H2,1-2H3. The Balaban J connectivity index is 1.80. The third kappa shape index (κ3) is 5.69. The maximum atomic E-state index is 12.0. The van der Waals surface area contributed by atoms with Crippen molar-refractivity contribution in [3.63, 3.8) is 0 Å². The van der Waals surface area contributed by atoms with E-state index in [9.17, 15) is 9.59 Å². The maximum Gasteiger partial charge on any atom is 0.316 e. The van der Waals surface area contributed by atoms with Crippen LogP contribution in [-0.2, 0) is 9.53 Å². The molecule has 5 nitrogen and oxygen atoms in total. The number of benzene rings is 2. The van der Waals surface area contributed by atoms with Crippen LogP contribution in [0.15, 0.2) is 47.4 Å². The molecule has 0 radical (unpaired) electrons. The molecule has 0 aromatic heterocycles. The van der Waals surface area contributed by atoms with Crippen molar-refractivity contribution in [1.29, 1.82) is 0 Å². The quantitative estimate of drug-likeness (QED) is 0.393. The maximum absolute atomic E-state index is 12.0. The van der Waals surface area contributed by atoms with E-state index < -0.39 is 5.97 Å². The molecule has 0 N–H and O–H groups in total. The first-order chi connectivity index (χ1) is 12.0. The van der Waals surface area contributed by atoms with Crippen molar-refractivity contribution in [3.05, 3.63) is 53.1 Å².